The van der Waals surface area contributed by atoms with Gasteiger partial charge in [0.2, 0.25) is 12.4 Å². The fraction of sp³-hybridized carbons (Fsp3) is 0.464. The first-order chi connectivity index (χ1) is 17.8. The molecule has 0 unspecified atom stereocenters. The van der Waals surface area contributed by atoms with Gasteiger partial charge in [0.1, 0.15) is 12.2 Å². The Morgan fingerprint density at radius 1 is 0.784 bits per heavy atom. The molecular weight excluding hydrogens is 480 g/mol. The van der Waals surface area contributed by atoms with Crippen LogP contribution in [-0.4, -0.2) is 55.2 Å². The summed E-state index contributed by atoms with van der Waals surface area (Å²) in [5.74, 6) is -1.76. The summed E-state index contributed by atoms with van der Waals surface area (Å²) in [5, 5.41) is 0. The van der Waals surface area contributed by atoms with E-state index >= 15 is 0 Å². The van der Waals surface area contributed by atoms with Crippen LogP contribution in [0.5, 0.6) is 0 Å². The fourth-order valence-electron chi connectivity index (χ4n) is 4.13. The summed E-state index contributed by atoms with van der Waals surface area (Å²) in [5.41, 5.74) is 3.14. The number of carbonyl (C=O) groups is 3. The van der Waals surface area contributed by atoms with Gasteiger partial charge in [0.25, 0.3) is 0 Å². The first kappa shape index (κ1) is 26.8. The number of benzene rings is 2. The van der Waals surface area contributed by atoms with E-state index in [4.69, 9.17) is 28.4 Å². The van der Waals surface area contributed by atoms with Gasteiger partial charge in [0.15, 0.2) is 12.4 Å². The maximum absolute atomic E-state index is 12.9. The quantitative estimate of drug-likeness (QED) is 0.403. The van der Waals surface area contributed by atoms with Crippen molar-refractivity contribution in [2.24, 2.45) is 0 Å². The number of rotatable bonds is 7. The summed E-state index contributed by atoms with van der Waals surface area (Å²) in [7, 11) is 0. The highest BCUT2D eigenvalue weighted by Crippen LogP contribution is 2.37. The second kappa shape index (κ2) is 11.9. The molecule has 0 radical (unpaired) electrons. The minimum atomic E-state index is -1.34. The van der Waals surface area contributed by atoms with Crippen molar-refractivity contribution in [3.63, 3.8) is 0 Å². The van der Waals surface area contributed by atoms with Crippen LogP contribution in [0.2, 0.25) is 0 Å². The van der Waals surface area contributed by atoms with Gasteiger partial charge in [-0.15, -0.1) is 0 Å². The van der Waals surface area contributed by atoms with E-state index < -0.39 is 54.9 Å². The molecule has 198 valence electrons. The first-order valence-corrected chi connectivity index (χ1v) is 12.4. The van der Waals surface area contributed by atoms with Crippen LogP contribution >= 0.6 is 0 Å². The minimum absolute atomic E-state index is 0.0631. The molecule has 37 heavy (non-hydrogen) atoms. The van der Waals surface area contributed by atoms with Gasteiger partial charge in [-0.25, -0.2) is 4.79 Å². The summed E-state index contributed by atoms with van der Waals surface area (Å²) in [4.78, 5) is 37.7. The molecule has 0 spiro atoms. The second-order valence-corrected chi connectivity index (χ2v) is 9.11. The van der Waals surface area contributed by atoms with Crippen molar-refractivity contribution in [2.45, 2.75) is 77.5 Å². The summed E-state index contributed by atoms with van der Waals surface area (Å²) in [6, 6.07) is 14.5. The third-order valence-electron chi connectivity index (χ3n) is 6.26. The lowest BCUT2D eigenvalue weighted by molar-refractivity contribution is -0.355. The van der Waals surface area contributed by atoms with Crippen LogP contribution in [0.15, 0.2) is 48.5 Å². The van der Waals surface area contributed by atoms with Crippen molar-refractivity contribution in [3.8, 4) is 0 Å². The van der Waals surface area contributed by atoms with Gasteiger partial charge in [0, 0.05) is 18.4 Å². The highest BCUT2D eigenvalue weighted by molar-refractivity contribution is 5.89. The Morgan fingerprint density at radius 3 is 1.95 bits per heavy atom. The zero-order valence-electron chi connectivity index (χ0n) is 21.4. The fourth-order valence-corrected chi connectivity index (χ4v) is 4.13. The maximum Gasteiger partial charge on any atom is 0.340 e. The predicted octanol–water partition coefficient (Wildman–Crippen LogP) is 3.94. The Bertz CT molecular complexity index is 1100. The van der Waals surface area contributed by atoms with E-state index in [0.29, 0.717) is 5.56 Å². The molecule has 0 amide bonds. The maximum atomic E-state index is 12.9. The molecule has 6 atom stereocenters. The summed E-state index contributed by atoms with van der Waals surface area (Å²) >= 11 is 0. The number of fused-ring (bicyclic) bond motifs is 1. The number of hydrogen-bond acceptors (Lipinski definition) is 9. The van der Waals surface area contributed by atoms with Gasteiger partial charge in [0.05, 0.1) is 12.2 Å². The predicted molar refractivity (Wildman–Crippen MR) is 130 cm³/mol. The molecule has 2 fully saturated rings. The van der Waals surface area contributed by atoms with Crippen LogP contribution in [0.4, 0.5) is 0 Å². The van der Waals surface area contributed by atoms with Crippen molar-refractivity contribution in [3.05, 3.63) is 70.8 Å². The average Bonchev–Trinajstić information content (AvgIpc) is 2.90. The second-order valence-electron chi connectivity index (χ2n) is 9.11. The minimum Gasteiger partial charge on any atom is -0.455 e. The summed E-state index contributed by atoms with van der Waals surface area (Å²) < 4.78 is 35.2. The van der Waals surface area contributed by atoms with Crippen molar-refractivity contribution in [1.29, 1.82) is 0 Å². The molecule has 2 saturated heterocycles. The van der Waals surface area contributed by atoms with E-state index in [-0.39, 0.29) is 19.4 Å². The highest BCUT2D eigenvalue weighted by Gasteiger charge is 2.55. The Kier molecular flexibility index (Phi) is 8.58. The van der Waals surface area contributed by atoms with Crippen molar-refractivity contribution >= 4 is 17.9 Å². The Hall–Kier alpha value is -3.27. The number of carbonyl (C=O) groups excluding carboxylic acids is 3. The molecule has 2 aliphatic rings. The number of aryl methyl sites for hydroxylation is 2. The SMILES string of the molecule is CCC(=O)O[C@@H]1[C@@H](OC(=O)CC)[C@H](OC(=O)c2ccc(C)cc2)O[C@@H]2CO[C@@H](c3ccc(C)cc3)O[C@@H]12. The average molecular weight is 513 g/mol. The van der Waals surface area contributed by atoms with E-state index in [9.17, 15) is 14.4 Å². The molecule has 0 N–H and O–H groups in total. The van der Waals surface area contributed by atoms with Gasteiger partial charge in [-0.1, -0.05) is 61.4 Å². The largest absolute Gasteiger partial charge is 0.455 e. The standard InChI is InChI=1S/C28H32O9/c1-5-21(29)34-24-23-20(15-32-27(36-23)19-13-9-17(4)10-14-19)33-28(25(24)35-22(30)6-2)37-26(31)18-11-7-16(3)8-12-18/h7-14,20,23-25,27-28H,5-6,15H2,1-4H3/t20-,23-,24+,25-,27-,28+/m1/s1. The molecular formula is C28H32O9. The third-order valence-corrected chi connectivity index (χ3v) is 6.26. The Morgan fingerprint density at radius 2 is 1.35 bits per heavy atom. The molecule has 2 heterocycles. The van der Waals surface area contributed by atoms with E-state index in [0.717, 1.165) is 16.7 Å². The van der Waals surface area contributed by atoms with Gasteiger partial charge in [-0.05, 0) is 26.0 Å². The molecule has 2 aliphatic heterocycles. The zero-order valence-corrected chi connectivity index (χ0v) is 21.4. The normalized spacial score (nSPS) is 27.0. The molecule has 0 bridgehead atoms. The van der Waals surface area contributed by atoms with Crippen LogP contribution in [0.3, 0.4) is 0 Å². The molecule has 0 aromatic heterocycles. The molecule has 9 nitrogen and oxygen atoms in total. The van der Waals surface area contributed by atoms with E-state index in [1.54, 1.807) is 38.1 Å². The van der Waals surface area contributed by atoms with Gasteiger partial charge in [-0.3, -0.25) is 9.59 Å². The highest BCUT2D eigenvalue weighted by atomic mass is 16.8. The van der Waals surface area contributed by atoms with Crippen molar-refractivity contribution in [1.82, 2.24) is 0 Å². The molecule has 2 aromatic rings. The molecule has 0 aliphatic carbocycles. The van der Waals surface area contributed by atoms with Gasteiger partial charge >= 0.3 is 17.9 Å². The number of esters is 3. The van der Waals surface area contributed by atoms with Gasteiger partial charge in [-0.2, -0.15) is 0 Å². The van der Waals surface area contributed by atoms with E-state index in [2.05, 4.69) is 0 Å². The molecule has 0 saturated carbocycles. The molecule has 9 heteroatoms. The van der Waals surface area contributed by atoms with Crippen LogP contribution < -0.4 is 0 Å². The lowest BCUT2D eigenvalue weighted by Crippen LogP contribution is -2.64. The Balaban J connectivity index is 1.62. The van der Waals surface area contributed by atoms with Crippen molar-refractivity contribution in [2.75, 3.05) is 6.61 Å². The lowest BCUT2D eigenvalue weighted by atomic mass is 9.97. The number of hydrogen-bond donors (Lipinski definition) is 0. The smallest absolute Gasteiger partial charge is 0.340 e. The van der Waals surface area contributed by atoms with Crippen LogP contribution in [0, 0.1) is 13.8 Å². The molecule has 4 rings (SSSR count). The van der Waals surface area contributed by atoms with E-state index in [1.807, 2.05) is 38.1 Å². The zero-order chi connectivity index (χ0) is 26.5. The lowest BCUT2D eigenvalue weighted by Gasteiger charge is -2.47. The Labute approximate surface area is 215 Å². The summed E-state index contributed by atoms with van der Waals surface area (Å²) in [6.45, 7) is 7.24. The van der Waals surface area contributed by atoms with Crippen LogP contribution in [0.1, 0.15) is 60.0 Å². The van der Waals surface area contributed by atoms with Gasteiger partial charge < -0.3 is 28.4 Å². The third kappa shape index (κ3) is 6.36. The van der Waals surface area contributed by atoms with Crippen molar-refractivity contribution < 1.29 is 42.8 Å². The van der Waals surface area contributed by atoms with E-state index in [1.165, 1.54) is 0 Å². The van der Waals surface area contributed by atoms with Crippen LogP contribution in [0.25, 0.3) is 0 Å². The number of ether oxygens (including phenoxy) is 6. The first-order valence-electron chi connectivity index (χ1n) is 12.4. The monoisotopic (exact) mass is 512 g/mol. The summed E-state index contributed by atoms with van der Waals surface area (Å²) in [6.07, 6.45) is -5.85. The topological polar surface area (TPSA) is 107 Å². The molecule has 2 aromatic carbocycles. The van der Waals surface area contributed by atoms with Crippen LogP contribution in [-0.2, 0) is 38.0 Å².